The number of fused-ring (bicyclic) bond motifs is 5. The van der Waals surface area contributed by atoms with Crippen LogP contribution in [0.25, 0.3) is 22.2 Å². The maximum absolute atomic E-state index is 16.7. The van der Waals surface area contributed by atoms with Crippen LogP contribution in [0.1, 0.15) is 49.1 Å². The van der Waals surface area contributed by atoms with Gasteiger partial charge >= 0.3 is 6.01 Å². The SMILES string of the molecule is C=CC(=O)N1CCN(c2nc(OC[C@@]34CCCN3C[C@H](F)C4)nc3c(F)c(-c4cccc5c4C4CC4C5)ncc23)C[C@@H]1CC#N. The van der Waals surface area contributed by atoms with Gasteiger partial charge in [0.2, 0.25) is 5.91 Å². The van der Waals surface area contributed by atoms with E-state index in [1.54, 1.807) is 11.1 Å². The van der Waals surface area contributed by atoms with Gasteiger partial charge in [0.25, 0.3) is 0 Å². The van der Waals surface area contributed by atoms with Crippen molar-refractivity contribution >= 4 is 22.6 Å². The summed E-state index contributed by atoms with van der Waals surface area (Å²) in [7, 11) is 0. The van der Waals surface area contributed by atoms with Gasteiger partial charge in [-0.2, -0.15) is 15.2 Å². The molecule has 5 atom stereocenters. The molecule has 5 aliphatic rings. The Labute approximate surface area is 260 Å². The molecular formula is C34H35F2N7O2. The number of aromatic nitrogens is 3. The number of nitrogens with zero attached hydrogens (tertiary/aromatic N) is 7. The van der Waals surface area contributed by atoms with E-state index in [0.29, 0.717) is 55.6 Å². The molecule has 1 aromatic carbocycles. The number of pyridine rings is 1. The van der Waals surface area contributed by atoms with Crippen molar-refractivity contribution in [1.29, 1.82) is 5.26 Å². The minimum atomic E-state index is -0.904. The topological polar surface area (TPSA) is 98.5 Å². The molecule has 45 heavy (non-hydrogen) atoms. The highest BCUT2D eigenvalue weighted by molar-refractivity contribution is 5.93. The Hall–Kier alpha value is -4.17. The molecule has 0 bridgehead atoms. The molecule has 3 saturated heterocycles. The van der Waals surface area contributed by atoms with E-state index in [0.717, 1.165) is 37.8 Å². The van der Waals surface area contributed by atoms with Crippen molar-refractivity contribution < 1.29 is 18.3 Å². The molecule has 8 rings (SSSR count). The highest BCUT2D eigenvalue weighted by atomic mass is 19.1. The number of nitriles is 1. The van der Waals surface area contributed by atoms with E-state index in [1.165, 1.54) is 17.2 Å². The molecule has 2 aromatic heterocycles. The molecule has 2 unspecified atom stereocenters. The monoisotopic (exact) mass is 611 g/mol. The summed E-state index contributed by atoms with van der Waals surface area (Å²) in [5.74, 6) is 0.774. The summed E-state index contributed by atoms with van der Waals surface area (Å²) in [5, 5.41) is 9.96. The zero-order valence-electron chi connectivity index (χ0n) is 25.1. The summed E-state index contributed by atoms with van der Waals surface area (Å²) in [4.78, 5) is 32.4. The van der Waals surface area contributed by atoms with Gasteiger partial charge < -0.3 is 14.5 Å². The van der Waals surface area contributed by atoms with E-state index in [2.05, 4.69) is 33.6 Å². The molecule has 3 aliphatic heterocycles. The molecule has 5 heterocycles. The molecule has 232 valence electrons. The number of hydrogen-bond acceptors (Lipinski definition) is 8. The second kappa shape index (κ2) is 10.7. The normalized spacial score (nSPS) is 28.5. The Morgan fingerprint density at radius 1 is 1.24 bits per heavy atom. The van der Waals surface area contributed by atoms with Gasteiger partial charge in [0.1, 0.15) is 29.8 Å². The molecule has 1 amide bonds. The lowest BCUT2D eigenvalue weighted by atomic mass is 9.95. The average Bonchev–Trinajstić information content (AvgIpc) is 3.37. The first-order valence-corrected chi connectivity index (χ1v) is 15.9. The van der Waals surface area contributed by atoms with Gasteiger partial charge in [-0.3, -0.25) is 14.7 Å². The number of rotatable bonds is 7. The molecule has 9 nitrogen and oxygen atoms in total. The third kappa shape index (κ3) is 4.64. The molecule has 0 radical (unpaired) electrons. The van der Waals surface area contributed by atoms with Gasteiger partial charge in [0, 0.05) is 44.4 Å². The summed E-state index contributed by atoms with van der Waals surface area (Å²) in [6.07, 6.45) is 6.46. The minimum Gasteiger partial charge on any atom is -0.461 e. The largest absolute Gasteiger partial charge is 0.461 e. The third-order valence-corrected chi connectivity index (χ3v) is 10.7. The number of carbonyl (C=O) groups is 1. The van der Waals surface area contributed by atoms with Crippen LogP contribution < -0.4 is 9.64 Å². The second-order valence-corrected chi connectivity index (χ2v) is 13.3. The molecule has 0 spiro atoms. The van der Waals surface area contributed by atoms with Crippen LogP contribution in [0.15, 0.2) is 37.1 Å². The zero-order valence-corrected chi connectivity index (χ0v) is 25.1. The maximum atomic E-state index is 16.7. The fourth-order valence-electron chi connectivity index (χ4n) is 8.44. The van der Waals surface area contributed by atoms with E-state index in [1.807, 2.05) is 17.0 Å². The number of anilines is 1. The quantitative estimate of drug-likeness (QED) is 0.359. The number of halogens is 2. The third-order valence-electron chi connectivity index (χ3n) is 10.7. The van der Waals surface area contributed by atoms with Crippen molar-refractivity contribution in [1.82, 2.24) is 24.8 Å². The van der Waals surface area contributed by atoms with Crippen molar-refractivity contribution in [2.75, 3.05) is 44.2 Å². The number of piperazine rings is 1. The van der Waals surface area contributed by atoms with E-state index >= 15 is 4.39 Å². The van der Waals surface area contributed by atoms with Crippen LogP contribution in [-0.4, -0.2) is 87.7 Å². The Morgan fingerprint density at radius 2 is 2.13 bits per heavy atom. The minimum absolute atomic E-state index is 0.0269. The van der Waals surface area contributed by atoms with Crippen LogP contribution in [0, 0.1) is 23.1 Å². The number of ether oxygens (including phenoxy) is 1. The van der Waals surface area contributed by atoms with Crippen molar-refractivity contribution in [2.24, 2.45) is 5.92 Å². The number of amides is 1. The lowest BCUT2D eigenvalue weighted by Gasteiger charge is -2.41. The van der Waals surface area contributed by atoms with Crippen LogP contribution in [0.2, 0.25) is 0 Å². The molecule has 4 fully saturated rings. The van der Waals surface area contributed by atoms with Crippen molar-refractivity contribution in [3.8, 4) is 23.3 Å². The lowest BCUT2D eigenvalue weighted by molar-refractivity contribution is -0.128. The Balaban J connectivity index is 1.20. The molecule has 3 aromatic rings. The number of carbonyl (C=O) groups excluding carboxylic acids is 1. The first kappa shape index (κ1) is 28.3. The number of hydrogen-bond donors (Lipinski definition) is 0. The molecule has 2 aliphatic carbocycles. The predicted molar refractivity (Wildman–Crippen MR) is 164 cm³/mol. The summed E-state index contributed by atoms with van der Waals surface area (Å²) in [5.41, 5.74) is 3.23. The second-order valence-electron chi connectivity index (χ2n) is 13.3. The first-order chi connectivity index (χ1) is 21.9. The van der Waals surface area contributed by atoms with Gasteiger partial charge in [-0.05, 0) is 61.3 Å². The number of alkyl halides is 1. The molecule has 11 heteroatoms. The van der Waals surface area contributed by atoms with Crippen molar-refractivity contribution in [3.05, 3.63) is 54.0 Å². The summed E-state index contributed by atoms with van der Waals surface area (Å²) in [6, 6.07) is 7.85. The van der Waals surface area contributed by atoms with E-state index in [4.69, 9.17) is 9.72 Å². The van der Waals surface area contributed by atoms with Gasteiger partial charge in [0.15, 0.2) is 5.82 Å². The zero-order chi connectivity index (χ0) is 30.9. The van der Waals surface area contributed by atoms with E-state index in [-0.39, 0.29) is 36.2 Å². The molecule has 1 saturated carbocycles. The van der Waals surface area contributed by atoms with Crippen LogP contribution in [0.3, 0.4) is 0 Å². The van der Waals surface area contributed by atoms with Crippen LogP contribution in [0.5, 0.6) is 6.01 Å². The maximum Gasteiger partial charge on any atom is 0.319 e. The van der Waals surface area contributed by atoms with Gasteiger partial charge in [-0.15, -0.1) is 0 Å². The summed E-state index contributed by atoms with van der Waals surface area (Å²) < 4.78 is 37.5. The van der Waals surface area contributed by atoms with Gasteiger partial charge in [-0.25, -0.2) is 8.78 Å². The fourth-order valence-corrected chi connectivity index (χ4v) is 8.44. The highest BCUT2D eigenvalue weighted by Crippen LogP contribution is 2.58. The van der Waals surface area contributed by atoms with Crippen LogP contribution in [0.4, 0.5) is 14.6 Å². The van der Waals surface area contributed by atoms with E-state index in [9.17, 15) is 14.4 Å². The summed E-state index contributed by atoms with van der Waals surface area (Å²) in [6.45, 7) is 6.13. The average molecular weight is 612 g/mol. The van der Waals surface area contributed by atoms with E-state index < -0.39 is 23.6 Å². The number of benzene rings is 1. The molecule has 0 N–H and O–H groups in total. The molecular weight excluding hydrogens is 576 g/mol. The summed E-state index contributed by atoms with van der Waals surface area (Å²) >= 11 is 0. The smallest absolute Gasteiger partial charge is 0.319 e. The Kier molecular flexibility index (Phi) is 6.75. The Bertz CT molecular complexity index is 1760. The fraction of sp³-hybridized carbons (Fsp3) is 0.500. The van der Waals surface area contributed by atoms with Crippen LogP contribution in [-0.2, 0) is 11.2 Å². The lowest BCUT2D eigenvalue weighted by Crippen LogP contribution is -2.55. The van der Waals surface area contributed by atoms with Crippen molar-refractivity contribution in [2.45, 2.75) is 62.2 Å². The highest BCUT2D eigenvalue weighted by Gasteiger charge is 2.50. The predicted octanol–water partition coefficient (Wildman–Crippen LogP) is 4.56. The van der Waals surface area contributed by atoms with Crippen LogP contribution >= 0.6 is 0 Å². The Morgan fingerprint density at radius 3 is 2.98 bits per heavy atom. The van der Waals surface area contributed by atoms with Crippen molar-refractivity contribution in [3.63, 3.8) is 0 Å². The first-order valence-electron chi connectivity index (χ1n) is 15.9. The van der Waals surface area contributed by atoms with Gasteiger partial charge in [-0.1, -0.05) is 24.8 Å². The standard InChI is InChI=1S/C34H35F2N7O2/c1-2-27(44)43-12-11-41(18-23(43)7-9-37)32-26-16-38-30(24-6-3-5-20-13-21-14-25(21)28(20)24)29(36)31(26)39-33(40-32)45-19-34-8-4-10-42(34)17-22(35)15-34/h2-3,5-6,16,21-23,25H,1,4,7-8,10-15,17-19H2/t21?,22-,23+,25?,34+/m1/s1. The van der Waals surface area contributed by atoms with Gasteiger partial charge in [0.05, 0.1) is 29.5 Å².